The molecule has 1 atom stereocenters. The Kier molecular flexibility index (Phi) is 4.71. The number of aromatic nitrogens is 2. The molecule has 1 aliphatic heterocycles. The molecule has 3 rings (SSSR count). The summed E-state index contributed by atoms with van der Waals surface area (Å²) in [6, 6.07) is 5.00. The van der Waals surface area contributed by atoms with Gasteiger partial charge in [0.25, 0.3) is 0 Å². The van der Waals surface area contributed by atoms with E-state index in [4.69, 9.17) is 0 Å². The molecule has 1 amide bonds. The highest BCUT2D eigenvalue weighted by molar-refractivity contribution is 5.99. The SMILES string of the molecule is CC[C@@H](C)Nc1nc(Nc2ccc3c(c2)CC(=O)N3)ncc1C(F)(F)F. The highest BCUT2D eigenvalue weighted by Gasteiger charge is 2.35. The summed E-state index contributed by atoms with van der Waals surface area (Å²) in [7, 11) is 0. The van der Waals surface area contributed by atoms with E-state index in [2.05, 4.69) is 25.9 Å². The number of halogens is 3. The molecule has 3 N–H and O–H groups in total. The summed E-state index contributed by atoms with van der Waals surface area (Å²) in [6.45, 7) is 3.64. The van der Waals surface area contributed by atoms with Crippen molar-refractivity contribution in [2.75, 3.05) is 16.0 Å². The van der Waals surface area contributed by atoms with Crippen LogP contribution in [0.1, 0.15) is 31.4 Å². The van der Waals surface area contributed by atoms with Gasteiger partial charge < -0.3 is 16.0 Å². The molecule has 138 valence electrons. The van der Waals surface area contributed by atoms with Crippen LogP contribution in [-0.4, -0.2) is 21.9 Å². The second kappa shape index (κ2) is 6.81. The van der Waals surface area contributed by atoms with Crippen LogP contribution >= 0.6 is 0 Å². The zero-order chi connectivity index (χ0) is 18.9. The molecule has 0 spiro atoms. The summed E-state index contributed by atoms with van der Waals surface area (Å²) in [5.41, 5.74) is 1.22. The van der Waals surface area contributed by atoms with E-state index in [9.17, 15) is 18.0 Å². The van der Waals surface area contributed by atoms with Crippen LogP contribution in [0.5, 0.6) is 0 Å². The number of amides is 1. The van der Waals surface area contributed by atoms with Crippen molar-refractivity contribution in [2.24, 2.45) is 0 Å². The predicted molar refractivity (Wildman–Crippen MR) is 92.5 cm³/mol. The fourth-order valence-corrected chi connectivity index (χ4v) is 2.53. The van der Waals surface area contributed by atoms with Crippen molar-refractivity contribution < 1.29 is 18.0 Å². The van der Waals surface area contributed by atoms with Gasteiger partial charge in [-0.1, -0.05) is 6.92 Å². The molecule has 2 aromatic rings. The third-order valence-electron chi connectivity index (χ3n) is 4.08. The summed E-state index contributed by atoms with van der Waals surface area (Å²) in [6.07, 6.45) is -2.87. The summed E-state index contributed by atoms with van der Waals surface area (Å²) in [4.78, 5) is 19.2. The third kappa shape index (κ3) is 3.87. The van der Waals surface area contributed by atoms with Crippen LogP contribution < -0.4 is 16.0 Å². The first-order chi connectivity index (χ1) is 12.3. The van der Waals surface area contributed by atoms with E-state index in [0.29, 0.717) is 12.1 Å². The highest BCUT2D eigenvalue weighted by Crippen LogP contribution is 2.34. The van der Waals surface area contributed by atoms with Crippen molar-refractivity contribution in [2.45, 2.75) is 38.9 Å². The van der Waals surface area contributed by atoms with Gasteiger partial charge in [0.05, 0.1) is 6.42 Å². The first-order valence-corrected chi connectivity index (χ1v) is 8.17. The molecule has 0 aliphatic carbocycles. The lowest BCUT2D eigenvalue weighted by atomic mass is 10.1. The van der Waals surface area contributed by atoms with Gasteiger partial charge in [-0.2, -0.15) is 18.2 Å². The van der Waals surface area contributed by atoms with Crippen LogP contribution in [0.2, 0.25) is 0 Å². The standard InChI is InChI=1S/C17H18F3N5O/c1-3-9(2)22-15-12(17(18,19)20)8-21-16(25-15)23-11-4-5-13-10(6-11)7-14(26)24-13/h4-6,8-9H,3,7H2,1-2H3,(H,24,26)(H2,21,22,23,25)/t9-/m1/s1. The molecule has 0 unspecified atom stereocenters. The van der Waals surface area contributed by atoms with Crippen LogP contribution in [-0.2, 0) is 17.4 Å². The summed E-state index contributed by atoms with van der Waals surface area (Å²) < 4.78 is 39.5. The molecule has 1 aromatic heterocycles. The van der Waals surface area contributed by atoms with Crippen molar-refractivity contribution in [1.82, 2.24) is 9.97 Å². The quantitative estimate of drug-likeness (QED) is 0.748. The number of carbonyl (C=O) groups is 1. The molecule has 0 saturated carbocycles. The van der Waals surface area contributed by atoms with Crippen LogP contribution in [0.25, 0.3) is 0 Å². The number of nitrogens with zero attached hydrogens (tertiary/aromatic N) is 2. The molecule has 1 aromatic carbocycles. The van der Waals surface area contributed by atoms with Gasteiger partial charge in [-0.15, -0.1) is 0 Å². The Labute approximate surface area is 148 Å². The first kappa shape index (κ1) is 18.0. The van der Waals surface area contributed by atoms with E-state index in [0.717, 1.165) is 17.4 Å². The Morgan fingerprint density at radius 3 is 2.81 bits per heavy atom. The zero-order valence-corrected chi connectivity index (χ0v) is 14.2. The second-order valence-corrected chi connectivity index (χ2v) is 6.13. The first-order valence-electron chi connectivity index (χ1n) is 8.17. The summed E-state index contributed by atoms with van der Waals surface area (Å²) >= 11 is 0. The van der Waals surface area contributed by atoms with E-state index in [1.165, 1.54) is 0 Å². The minimum atomic E-state index is -4.55. The van der Waals surface area contributed by atoms with Crippen LogP contribution in [0.15, 0.2) is 24.4 Å². The minimum absolute atomic E-state index is 0.0426. The molecule has 9 heteroatoms. The lowest BCUT2D eigenvalue weighted by Crippen LogP contribution is -2.20. The molecular weight excluding hydrogens is 347 g/mol. The second-order valence-electron chi connectivity index (χ2n) is 6.13. The van der Waals surface area contributed by atoms with Crippen molar-refractivity contribution in [3.05, 3.63) is 35.5 Å². The van der Waals surface area contributed by atoms with Crippen LogP contribution in [0, 0.1) is 0 Å². The number of nitrogens with one attached hydrogen (secondary N) is 3. The van der Waals surface area contributed by atoms with Gasteiger partial charge in [-0.3, -0.25) is 4.79 Å². The average Bonchev–Trinajstić information content (AvgIpc) is 2.93. The van der Waals surface area contributed by atoms with E-state index in [1.54, 1.807) is 25.1 Å². The Hall–Kier alpha value is -2.84. The third-order valence-corrected chi connectivity index (χ3v) is 4.08. The number of hydrogen-bond acceptors (Lipinski definition) is 5. The largest absolute Gasteiger partial charge is 0.421 e. The van der Waals surface area contributed by atoms with E-state index in [-0.39, 0.29) is 30.1 Å². The molecule has 0 bridgehead atoms. The van der Waals surface area contributed by atoms with E-state index >= 15 is 0 Å². The summed E-state index contributed by atoms with van der Waals surface area (Å²) in [5.74, 6) is -0.314. The van der Waals surface area contributed by atoms with Gasteiger partial charge in [0.1, 0.15) is 11.4 Å². The minimum Gasteiger partial charge on any atom is -0.367 e. The van der Waals surface area contributed by atoms with Crippen molar-refractivity contribution in [3.63, 3.8) is 0 Å². The number of carbonyl (C=O) groups excluding carboxylic acids is 1. The molecule has 0 saturated heterocycles. The van der Waals surface area contributed by atoms with Crippen molar-refractivity contribution in [3.8, 4) is 0 Å². The van der Waals surface area contributed by atoms with Crippen LogP contribution in [0.3, 0.4) is 0 Å². The van der Waals surface area contributed by atoms with Crippen molar-refractivity contribution in [1.29, 1.82) is 0 Å². The molecular formula is C17H18F3N5O. The van der Waals surface area contributed by atoms with Gasteiger partial charge in [-0.05, 0) is 37.1 Å². The van der Waals surface area contributed by atoms with E-state index in [1.807, 2.05) is 6.92 Å². The fourth-order valence-electron chi connectivity index (χ4n) is 2.53. The van der Waals surface area contributed by atoms with E-state index < -0.39 is 11.7 Å². The topological polar surface area (TPSA) is 78.9 Å². The number of benzene rings is 1. The Morgan fingerprint density at radius 2 is 2.12 bits per heavy atom. The number of alkyl halides is 3. The number of fused-ring (bicyclic) bond motifs is 1. The number of rotatable bonds is 5. The number of hydrogen-bond donors (Lipinski definition) is 3. The maximum atomic E-state index is 13.2. The molecule has 6 nitrogen and oxygen atoms in total. The van der Waals surface area contributed by atoms with Gasteiger partial charge in [-0.25, -0.2) is 4.98 Å². The highest BCUT2D eigenvalue weighted by atomic mass is 19.4. The molecule has 0 fully saturated rings. The Bertz CT molecular complexity index is 838. The maximum absolute atomic E-state index is 13.2. The number of anilines is 4. The smallest absolute Gasteiger partial charge is 0.367 e. The Balaban J connectivity index is 1.87. The molecule has 0 radical (unpaired) electrons. The van der Waals surface area contributed by atoms with Gasteiger partial charge in [0, 0.05) is 23.6 Å². The average molecular weight is 365 g/mol. The van der Waals surface area contributed by atoms with Gasteiger partial charge in [0.15, 0.2) is 0 Å². The normalized spacial score (nSPS) is 14.6. The molecule has 26 heavy (non-hydrogen) atoms. The van der Waals surface area contributed by atoms with Gasteiger partial charge >= 0.3 is 6.18 Å². The van der Waals surface area contributed by atoms with Gasteiger partial charge in [0.2, 0.25) is 11.9 Å². The lowest BCUT2D eigenvalue weighted by molar-refractivity contribution is -0.137. The lowest BCUT2D eigenvalue weighted by Gasteiger charge is -2.18. The molecule has 2 heterocycles. The zero-order valence-electron chi connectivity index (χ0n) is 14.2. The molecule has 1 aliphatic rings. The van der Waals surface area contributed by atoms with Crippen molar-refractivity contribution >= 4 is 29.0 Å². The maximum Gasteiger partial charge on any atom is 0.421 e. The monoisotopic (exact) mass is 365 g/mol. The van der Waals surface area contributed by atoms with Crippen LogP contribution in [0.4, 0.5) is 36.3 Å². The summed E-state index contributed by atoms with van der Waals surface area (Å²) in [5, 5.41) is 8.38. The fraction of sp³-hybridized carbons (Fsp3) is 0.353. The predicted octanol–water partition coefficient (Wildman–Crippen LogP) is 3.94. The Morgan fingerprint density at radius 1 is 1.35 bits per heavy atom.